The minimum Gasteiger partial charge on any atom is -0.326 e. The molecule has 0 radical (unpaired) electrons. The van der Waals surface area contributed by atoms with Gasteiger partial charge in [-0.2, -0.15) is 0 Å². The molecule has 0 spiro atoms. The summed E-state index contributed by atoms with van der Waals surface area (Å²) in [6, 6.07) is 5.82. The van der Waals surface area contributed by atoms with Gasteiger partial charge in [0.1, 0.15) is 0 Å². The van der Waals surface area contributed by atoms with Crippen LogP contribution in [0.1, 0.15) is 38.7 Å². The third-order valence-electron chi connectivity index (χ3n) is 4.60. The Morgan fingerprint density at radius 2 is 2.09 bits per heavy atom. The molecule has 0 atom stereocenters. The second-order valence-corrected chi connectivity index (χ2v) is 7.45. The Labute approximate surface area is 142 Å². The number of fused-ring (bicyclic) bond motifs is 1. The number of carbonyl (C=O) groups excluding carboxylic acids is 2. The van der Waals surface area contributed by atoms with Crippen molar-refractivity contribution in [1.29, 1.82) is 0 Å². The van der Waals surface area contributed by atoms with Crippen molar-refractivity contribution in [2.24, 2.45) is 11.3 Å². The zero-order valence-corrected chi connectivity index (χ0v) is 14.4. The standard InChI is InChI=1S/C18H23ClN2O2/c1-18(2,11-19)17(23)20-14-7-8-15-13(10-14)4-3-9-21(15)16(22)12-5-6-12/h7-8,10,12H,3-6,9,11H2,1-2H3,(H,20,23). The van der Waals surface area contributed by atoms with Crippen LogP contribution in [0.4, 0.5) is 11.4 Å². The van der Waals surface area contributed by atoms with Crippen LogP contribution in [0.5, 0.6) is 0 Å². The maximum absolute atomic E-state index is 12.4. The van der Waals surface area contributed by atoms with E-state index in [1.165, 1.54) is 0 Å². The van der Waals surface area contributed by atoms with E-state index in [9.17, 15) is 9.59 Å². The summed E-state index contributed by atoms with van der Waals surface area (Å²) in [5, 5.41) is 2.94. The molecule has 3 rings (SSSR count). The molecule has 5 heteroatoms. The summed E-state index contributed by atoms with van der Waals surface area (Å²) in [7, 11) is 0. The van der Waals surface area contributed by atoms with Crippen molar-refractivity contribution >= 4 is 34.8 Å². The summed E-state index contributed by atoms with van der Waals surface area (Å²) >= 11 is 5.85. The first-order chi connectivity index (χ1) is 10.9. The molecule has 1 fully saturated rings. The molecule has 2 aliphatic rings. The first kappa shape index (κ1) is 16.3. The second kappa shape index (κ2) is 6.16. The summed E-state index contributed by atoms with van der Waals surface area (Å²) in [6.45, 7) is 4.45. The average Bonchev–Trinajstić information content (AvgIpc) is 3.38. The smallest absolute Gasteiger partial charge is 0.231 e. The molecule has 1 aromatic rings. The molecule has 0 saturated heterocycles. The van der Waals surface area contributed by atoms with Gasteiger partial charge in [0.2, 0.25) is 11.8 Å². The molecule has 2 amide bonds. The van der Waals surface area contributed by atoms with Gasteiger partial charge in [0.05, 0.1) is 5.41 Å². The van der Waals surface area contributed by atoms with Gasteiger partial charge in [-0.3, -0.25) is 9.59 Å². The molecule has 0 aromatic heterocycles. The number of nitrogens with one attached hydrogen (secondary N) is 1. The summed E-state index contributed by atoms with van der Waals surface area (Å²) in [5.41, 5.74) is 2.30. The van der Waals surface area contributed by atoms with Crippen LogP contribution in [0.2, 0.25) is 0 Å². The summed E-state index contributed by atoms with van der Waals surface area (Å²) in [6.07, 6.45) is 3.95. The number of nitrogens with zero attached hydrogens (tertiary/aromatic N) is 1. The molecule has 1 aliphatic heterocycles. The molecule has 1 heterocycles. The third kappa shape index (κ3) is 3.37. The number of amides is 2. The predicted molar refractivity (Wildman–Crippen MR) is 93.0 cm³/mol. The van der Waals surface area contributed by atoms with Crippen molar-refractivity contribution in [3.63, 3.8) is 0 Å². The monoisotopic (exact) mass is 334 g/mol. The maximum Gasteiger partial charge on any atom is 0.231 e. The minimum atomic E-state index is -0.606. The molecule has 0 unspecified atom stereocenters. The number of alkyl halides is 1. The van der Waals surface area contributed by atoms with Crippen LogP contribution < -0.4 is 10.2 Å². The number of halogens is 1. The first-order valence-electron chi connectivity index (χ1n) is 8.24. The molecule has 1 aromatic carbocycles. The SMILES string of the molecule is CC(C)(CCl)C(=O)Nc1ccc2c(c1)CCCN2C(=O)C1CC1. The summed E-state index contributed by atoms with van der Waals surface area (Å²) < 4.78 is 0. The fourth-order valence-corrected chi connectivity index (χ4v) is 2.94. The summed E-state index contributed by atoms with van der Waals surface area (Å²) in [4.78, 5) is 26.6. The minimum absolute atomic E-state index is 0.0887. The van der Waals surface area contributed by atoms with E-state index in [2.05, 4.69) is 5.32 Å². The lowest BCUT2D eigenvalue weighted by Gasteiger charge is -2.30. The Morgan fingerprint density at radius 1 is 1.35 bits per heavy atom. The maximum atomic E-state index is 12.4. The van der Waals surface area contributed by atoms with Gasteiger partial charge in [-0.1, -0.05) is 0 Å². The van der Waals surface area contributed by atoms with Gasteiger partial charge >= 0.3 is 0 Å². The van der Waals surface area contributed by atoms with Crippen molar-refractivity contribution in [3.8, 4) is 0 Å². The van der Waals surface area contributed by atoms with Crippen LogP contribution in [0, 0.1) is 11.3 Å². The van der Waals surface area contributed by atoms with Crippen LogP contribution in [0.15, 0.2) is 18.2 Å². The topological polar surface area (TPSA) is 49.4 Å². The zero-order chi connectivity index (χ0) is 16.6. The van der Waals surface area contributed by atoms with Crippen molar-refractivity contribution < 1.29 is 9.59 Å². The molecule has 124 valence electrons. The van der Waals surface area contributed by atoms with Crippen molar-refractivity contribution in [2.75, 3.05) is 22.6 Å². The Kier molecular flexibility index (Phi) is 4.37. The van der Waals surface area contributed by atoms with E-state index in [4.69, 9.17) is 11.6 Å². The highest BCUT2D eigenvalue weighted by Gasteiger charge is 2.35. The largest absolute Gasteiger partial charge is 0.326 e. The molecule has 1 N–H and O–H groups in total. The lowest BCUT2D eigenvalue weighted by molar-refractivity contribution is -0.123. The van der Waals surface area contributed by atoms with Crippen LogP contribution in [-0.4, -0.2) is 24.2 Å². The van der Waals surface area contributed by atoms with Crippen molar-refractivity contribution in [3.05, 3.63) is 23.8 Å². The molecule has 4 nitrogen and oxygen atoms in total. The highest BCUT2D eigenvalue weighted by Crippen LogP contribution is 2.36. The van der Waals surface area contributed by atoms with Gasteiger partial charge in [-0.15, -0.1) is 11.6 Å². The van der Waals surface area contributed by atoms with E-state index >= 15 is 0 Å². The number of aryl methyl sites for hydroxylation is 1. The van der Waals surface area contributed by atoms with E-state index in [1.54, 1.807) is 0 Å². The number of rotatable bonds is 4. The molecular weight excluding hydrogens is 312 g/mol. The van der Waals surface area contributed by atoms with Crippen molar-refractivity contribution in [1.82, 2.24) is 0 Å². The van der Waals surface area contributed by atoms with Gasteiger partial charge in [-0.05, 0) is 63.3 Å². The lowest BCUT2D eigenvalue weighted by Crippen LogP contribution is -2.36. The van der Waals surface area contributed by atoms with Gasteiger partial charge in [0.25, 0.3) is 0 Å². The van der Waals surface area contributed by atoms with Crippen LogP contribution in [-0.2, 0) is 16.0 Å². The Hall–Kier alpha value is -1.55. The van der Waals surface area contributed by atoms with Crippen LogP contribution >= 0.6 is 11.6 Å². The zero-order valence-electron chi connectivity index (χ0n) is 13.7. The number of hydrogen-bond donors (Lipinski definition) is 1. The fourth-order valence-electron chi connectivity index (χ4n) is 2.82. The number of hydrogen-bond acceptors (Lipinski definition) is 2. The number of carbonyl (C=O) groups is 2. The predicted octanol–water partition coefficient (Wildman–Crippen LogP) is 3.58. The van der Waals surface area contributed by atoms with E-state index in [-0.39, 0.29) is 23.6 Å². The highest BCUT2D eigenvalue weighted by molar-refractivity contribution is 6.20. The Bertz CT molecular complexity index is 638. The molecule has 0 bridgehead atoms. The van der Waals surface area contributed by atoms with Crippen molar-refractivity contribution in [2.45, 2.75) is 39.5 Å². The van der Waals surface area contributed by atoms with Crippen LogP contribution in [0.25, 0.3) is 0 Å². The second-order valence-electron chi connectivity index (χ2n) is 7.18. The Morgan fingerprint density at radius 3 is 2.74 bits per heavy atom. The van der Waals surface area contributed by atoms with E-state index in [0.717, 1.165) is 49.2 Å². The molecule has 1 saturated carbocycles. The first-order valence-corrected chi connectivity index (χ1v) is 8.77. The number of anilines is 2. The molecular formula is C18H23ClN2O2. The third-order valence-corrected chi connectivity index (χ3v) is 5.27. The normalized spacial score (nSPS) is 17.6. The number of benzene rings is 1. The lowest BCUT2D eigenvalue weighted by atomic mass is 9.94. The van der Waals surface area contributed by atoms with E-state index in [1.807, 2.05) is 36.9 Å². The summed E-state index contributed by atoms with van der Waals surface area (Å²) in [5.74, 6) is 0.665. The quantitative estimate of drug-likeness (QED) is 0.856. The van der Waals surface area contributed by atoms with Gasteiger partial charge in [-0.25, -0.2) is 0 Å². The fraction of sp³-hybridized carbons (Fsp3) is 0.556. The van der Waals surface area contributed by atoms with Gasteiger partial charge < -0.3 is 10.2 Å². The molecule has 1 aliphatic carbocycles. The van der Waals surface area contributed by atoms with Crippen LogP contribution in [0.3, 0.4) is 0 Å². The highest BCUT2D eigenvalue weighted by atomic mass is 35.5. The van der Waals surface area contributed by atoms with E-state index in [0.29, 0.717) is 0 Å². The molecule has 23 heavy (non-hydrogen) atoms. The van der Waals surface area contributed by atoms with Gasteiger partial charge in [0, 0.05) is 29.7 Å². The van der Waals surface area contributed by atoms with Gasteiger partial charge in [0.15, 0.2) is 0 Å². The average molecular weight is 335 g/mol. The Balaban J connectivity index is 1.79. The van der Waals surface area contributed by atoms with E-state index < -0.39 is 5.41 Å².